The van der Waals surface area contributed by atoms with Crippen molar-refractivity contribution >= 4 is 28.8 Å². The van der Waals surface area contributed by atoms with Gasteiger partial charge in [0.25, 0.3) is 5.91 Å². The molecule has 5 heteroatoms. The molecule has 3 rings (SSSR count). The van der Waals surface area contributed by atoms with E-state index in [9.17, 15) is 9.59 Å². The Morgan fingerprint density at radius 3 is 2.52 bits per heavy atom. The van der Waals surface area contributed by atoms with Gasteiger partial charge in [0.15, 0.2) is 0 Å². The molecule has 0 bridgehead atoms. The summed E-state index contributed by atoms with van der Waals surface area (Å²) in [6.07, 6.45) is 1.58. The topological polar surface area (TPSA) is 58.6 Å². The van der Waals surface area contributed by atoms with Crippen LogP contribution in [0.3, 0.4) is 0 Å². The van der Waals surface area contributed by atoms with Crippen LogP contribution in [0.1, 0.15) is 12.5 Å². The first-order valence-corrected chi connectivity index (χ1v) is 8.16. The van der Waals surface area contributed by atoms with Gasteiger partial charge in [-0.15, -0.1) is 0 Å². The normalized spacial score (nSPS) is 15.2. The van der Waals surface area contributed by atoms with Gasteiger partial charge in [-0.3, -0.25) is 9.59 Å². The van der Waals surface area contributed by atoms with Gasteiger partial charge in [-0.25, -0.2) is 0 Å². The number of carbonyl (C=O) groups is 2. The maximum absolute atomic E-state index is 12.2. The molecule has 0 aliphatic carbocycles. The summed E-state index contributed by atoms with van der Waals surface area (Å²) in [5.41, 5.74) is 3.40. The van der Waals surface area contributed by atoms with Crippen LogP contribution in [-0.4, -0.2) is 31.6 Å². The molecule has 2 aromatic carbocycles. The summed E-state index contributed by atoms with van der Waals surface area (Å²) in [6.45, 7) is 3.10. The Bertz CT molecular complexity index is 782. The van der Waals surface area contributed by atoms with Crippen LogP contribution in [0.15, 0.2) is 60.7 Å². The summed E-state index contributed by atoms with van der Waals surface area (Å²) < 4.78 is 5.13. The van der Waals surface area contributed by atoms with E-state index in [0.717, 1.165) is 16.8 Å². The third-order valence-electron chi connectivity index (χ3n) is 4.01. The Labute approximate surface area is 146 Å². The van der Waals surface area contributed by atoms with E-state index in [1.165, 1.54) is 0 Å². The van der Waals surface area contributed by atoms with Crippen LogP contribution in [0.25, 0.3) is 5.57 Å². The lowest BCUT2D eigenvalue weighted by Crippen LogP contribution is -2.41. The van der Waals surface area contributed by atoms with Crippen molar-refractivity contribution in [1.82, 2.24) is 0 Å². The second-order valence-electron chi connectivity index (χ2n) is 5.83. The number of allylic oxidation sites excluding steroid dienone is 1. The zero-order valence-electron chi connectivity index (χ0n) is 14.1. The fourth-order valence-corrected chi connectivity index (χ4v) is 2.68. The molecular weight excluding hydrogens is 316 g/mol. The molecule has 1 saturated heterocycles. The Morgan fingerprint density at radius 1 is 1.12 bits per heavy atom. The summed E-state index contributed by atoms with van der Waals surface area (Å²) in [5, 5.41) is 2.84. The van der Waals surface area contributed by atoms with Crippen LogP contribution >= 0.6 is 0 Å². The average molecular weight is 336 g/mol. The highest BCUT2D eigenvalue weighted by Crippen LogP contribution is 2.20. The molecule has 0 saturated carbocycles. The summed E-state index contributed by atoms with van der Waals surface area (Å²) in [6, 6.07) is 17.0. The summed E-state index contributed by atoms with van der Waals surface area (Å²) in [4.78, 5) is 25.7. The number of nitrogens with one attached hydrogen (secondary N) is 1. The van der Waals surface area contributed by atoms with Crippen molar-refractivity contribution in [3.8, 4) is 0 Å². The van der Waals surface area contributed by atoms with Gasteiger partial charge in [0.1, 0.15) is 6.61 Å². The number of rotatable bonds is 4. The van der Waals surface area contributed by atoms with Crippen LogP contribution < -0.4 is 10.2 Å². The van der Waals surface area contributed by atoms with Crippen molar-refractivity contribution in [2.45, 2.75) is 6.92 Å². The molecule has 5 nitrogen and oxygen atoms in total. The van der Waals surface area contributed by atoms with E-state index in [-0.39, 0.29) is 18.4 Å². The molecule has 2 amide bonds. The van der Waals surface area contributed by atoms with E-state index >= 15 is 0 Å². The van der Waals surface area contributed by atoms with E-state index in [1.807, 2.05) is 49.4 Å². The predicted molar refractivity (Wildman–Crippen MR) is 98.3 cm³/mol. The molecular formula is C20H20N2O3. The summed E-state index contributed by atoms with van der Waals surface area (Å²) in [5.74, 6) is -0.235. The molecule has 1 aliphatic rings. The summed E-state index contributed by atoms with van der Waals surface area (Å²) in [7, 11) is 0. The number of morpholine rings is 1. The standard InChI is InChI=1S/C20H20N2O3/c1-15(16-5-3-2-4-6-16)13-19(23)21-17-7-9-18(10-8-17)22-11-12-25-14-20(22)24/h2-10,13H,11-12,14H2,1H3,(H,21,23)/b15-13+. The van der Waals surface area contributed by atoms with Crippen molar-refractivity contribution in [1.29, 1.82) is 0 Å². The predicted octanol–water partition coefficient (Wildman–Crippen LogP) is 3.09. The van der Waals surface area contributed by atoms with Crippen molar-refractivity contribution in [3.05, 3.63) is 66.2 Å². The Balaban J connectivity index is 1.65. The van der Waals surface area contributed by atoms with Crippen LogP contribution in [0.4, 0.5) is 11.4 Å². The second-order valence-corrected chi connectivity index (χ2v) is 5.83. The number of nitrogens with zero attached hydrogens (tertiary/aromatic N) is 1. The largest absolute Gasteiger partial charge is 0.370 e. The highest BCUT2D eigenvalue weighted by Gasteiger charge is 2.19. The number of hydrogen-bond donors (Lipinski definition) is 1. The molecule has 25 heavy (non-hydrogen) atoms. The number of ether oxygens (including phenoxy) is 1. The lowest BCUT2D eigenvalue weighted by atomic mass is 10.1. The molecule has 0 spiro atoms. The van der Waals surface area contributed by atoms with Crippen molar-refractivity contribution in [2.75, 3.05) is 30.0 Å². The number of hydrogen-bond acceptors (Lipinski definition) is 3. The molecule has 1 fully saturated rings. The number of benzene rings is 2. The van der Waals surface area contributed by atoms with Gasteiger partial charge in [0.05, 0.1) is 6.61 Å². The van der Waals surface area contributed by atoms with Crippen LogP contribution in [-0.2, 0) is 14.3 Å². The monoisotopic (exact) mass is 336 g/mol. The van der Waals surface area contributed by atoms with Crippen LogP contribution in [0.2, 0.25) is 0 Å². The molecule has 128 valence electrons. The first-order chi connectivity index (χ1) is 12.1. The molecule has 1 aliphatic heterocycles. The molecule has 1 N–H and O–H groups in total. The van der Waals surface area contributed by atoms with Crippen molar-refractivity contribution in [3.63, 3.8) is 0 Å². The lowest BCUT2D eigenvalue weighted by molar-refractivity contribution is -0.125. The summed E-state index contributed by atoms with van der Waals surface area (Å²) >= 11 is 0. The van der Waals surface area contributed by atoms with Gasteiger partial charge < -0.3 is 15.0 Å². The molecule has 0 unspecified atom stereocenters. The Hall–Kier alpha value is -2.92. The quantitative estimate of drug-likeness (QED) is 0.873. The highest BCUT2D eigenvalue weighted by atomic mass is 16.5. The zero-order valence-corrected chi connectivity index (χ0v) is 14.1. The van der Waals surface area contributed by atoms with Gasteiger partial charge in [0.2, 0.25) is 5.91 Å². The molecule has 1 heterocycles. The smallest absolute Gasteiger partial charge is 0.253 e. The van der Waals surface area contributed by atoms with E-state index in [0.29, 0.717) is 18.8 Å². The number of carbonyl (C=O) groups excluding carboxylic acids is 2. The second kappa shape index (κ2) is 7.77. The van der Waals surface area contributed by atoms with E-state index in [1.54, 1.807) is 23.1 Å². The van der Waals surface area contributed by atoms with Crippen LogP contribution in [0.5, 0.6) is 0 Å². The first-order valence-electron chi connectivity index (χ1n) is 8.16. The molecule has 2 aromatic rings. The maximum atomic E-state index is 12.2. The third-order valence-corrected chi connectivity index (χ3v) is 4.01. The minimum atomic E-state index is -0.184. The fraction of sp³-hybridized carbons (Fsp3) is 0.200. The minimum absolute atomic E-state index is 0.0514. The minimum Gasteiger partial charge on any atom is -0.370 e. The van der Waals surface area contributed by atoms with Gasteiger partial charge in [-0.05, 0) is 42.3 Å². The average Bonchev–Trinajstić information content (AvgIpc) is 2.63. The highest BCUT2D eigenvalue weighted by molar-refractivity contribution is 6.04. The lowest BCUT2D eigenvalue weighted by Gasteiger charge is -2.26. The van der Waals surface area contributed by atoms with Gasteiger partial charge >= 0.3 is 0 Å². The van der Waals surface area contributed by atoms with Gasteiger partial charge in [0, 0.05) is 24.0 Å². The van der Waals surface area contributed by atoms with Crippen molar-refractivity contribution < 1.29 is 14.3 Å². The van der Waals surface area contributed by atoms with Crippen LogP contribution in [0, 0.1) is 0 Å². The van der Waals surface area contributed by atoms with Crippen molar-refractivity contribution in [2.24, 2.45) is 0 Å². The number of anilines is 2. The maximum Gasteiger partial charge on any atom is 0.253 e. The number of amides is 2. The molecule has 0 atom stereocenters. The Morgan fingerprint density at radius 2 is 1.84 bits per heavy atom. The van der Waals surface area contributed by atoms with E-state index in [2.05, 4.69) is 5.32 Å². The fourth-order valence-electron chi connectivity index (χ4n) is 2.68. The first kappa shape index (κ1) is 16.9. The third kappa shape index (κ3) is 4.33. The van der Waals surface area contributed by atoms with E-state index in [4.69, 9.17) is 4.74 Å². The SMILES string of the molecule is C/C(=C\C(=O)Nc1ccc(N2CCOCC2=O)cc1)c1ccccc1. The van der Waals surface area contributed by atoms with Gasteiger partial charge in [-0.1, -0.05) is 30.3 Å². The molecule has 0 aromatic heterocycles. The van der Waals surface area contributed by atoms with Gasteiger partial charge in [-0.2, -0.15) is 0 Å². The van der Waals surface area contributed by atoms with E-state index < -0.39 is 0 Å². The zero-order chi connectivity index (χ0) is 17.6. The molecule has 0 radical (unpaired) electrons. The Kier molecular flexibility index (Phi) is 5.26.